The van der Waals surface area contributed by atoms with E-state index >= 15 is 0 Å². The van der Waals surface area contributed by atoms with E-state index in [1.54, 1.807) is 6.07 Å². The molecule has 0 spiro atoms. The van der Waals surface area contributed by atoms with E-state index in [2.05, 4.69) is 35.1 Å². The molecule has 1 aromatic heterocycles. The molecule has 0 aliphatic rings. The Bertz CT molecular complexity index is 318. The normalized spacial score (nSPS) is 10.7. The Labute approximate surface area is 98.4 Å². The van der Waals surface area contributed by atoms with Gasteiger partial charge in [0.05, 0.1) is 11.8 Å². The third-order valence-corrected chi connectivity index (χ3v) is 3.18. The fourth-order valence-electron chi connectivity index (χ4n) is 1.37. The van der Waals surface area contributed by atoms with Gasteiger partial charge in [0.15, 0.2) is 4.67 Å². The van der Waals surface area contributed by atoms with Crippen LogP contribution in [0.2, 0.25) is 0 Å². The van der Waals surface area contributed by atoms with E-state index in [-0.39, 0.29) is 5.91 Å². The molecule has 0 aliphatic carbocycles. The number of amides is 1. The van der Waals surface area contributed by atoms with Gasteiger partial charge in [-0.25, -0.2) is 0 Å². The SMILES string of the molecule is CCC(CC)CNC(=O)c1ccoc1Br. The standard InChI is InChI=1S/C11H16BrNO2/c1-3-8(4-2)7-13-11(14)9-5-6-15-10(9)12/h5-6,8H,3-4,7H2,1-2H3,(H,13,14). The van der Waals surface area contributed by atoms with Crippen molar-refractivity contribution in [2.45, 2.75) is 26.7 Å². The van der Waals surface area contributed by atoms with Crippen molar-refractivity contribution in [3.05, 3.63) is 22.6 Å². The zero-order valence-corrected chi connectivity index (χ0v) is 10.6. The first kappa shape index (κ1) is 12.3. The lowest BCUT2D eigenvalue weighted by molar-refractivity contribution is 0.0944. The molecule has 0 aliphatic heterocycles. The molecule has 15 heavy (non-hydrogen) atoms. The molecule has 0 fully saturated rings. The third kappa shape index (κ3) is 3.38. The molecule has 1 N–H and O–H groups in total. The summed E-state index contributed by atoms with van der Waals surface area (Å²) < 4.78 is 5.49. The molecule has 0 aromatic carbocycles. The average molecular weight is 274 g/mol. The topological polar surface area (TPSA) is 42.2 Å². The van der Waals surface area contributed by atoms with E-state index in [4.69, 9.17) is 4.42 Å². The summed E-state index contributed by atoms with van der Waals surface area (Å²) >= 11 is 3.18. The Balaban J connectivity index is 2.47. The van der Waals surface area contributed by atoms with Crippen molar-refractivity contribution in [3.8, 4) is 0 Å². The van der Waals surface area contributed by atoms with Gasteiger partial charge in [-0.05, 0) is 27.9 Å². The summed E-state index contributed by atoms with van der Waals surface area (Å²) in [6.45, 7) is 4.99. The maximum absolute atomic E-state index is 11.7. The average Bonchev–Trinajstić information content (AvgIpc) is 2.66. The second-order valence-corrected chi connectivity index (χ2v) is 4.22. The lowest BCUT2D eigenvalue weighted by atomic mass is 10.0. The van der Waals surface area contributed by atoms with Crippen molar-refractivity contribution in [1.29, 1.82) is 0 Å². The second kappa shape index (κ2) is 5.95. The Morgan fingerprint density at radius 2 is 2.20 bits per heavy atom. The van der Waals surface area contributed by atoms with Crippen LogP contribution in [-0.4, -0.2) is 12.5 Å². The summed E-state index contributed by atoms with van der Waals surface area (Å²) in [5, 5.41) is 2.90. The predicted octanol–water partition coefficient (Wildman–Crippen LogP) is 3.21. The molecule has 0 saturated carbocycles. The lowest BCUT2D eigenvalue weighted by Crippen LogP contribution is -2.28. The van der Waals surface area contributed by atoms with Crippen molar-refractivity contribution < 1.29 is 9.21 Å². The second-order valence-electron chi connectivity index (χ2n) is 3.50. The molecule has 1 heterocycles. The maximum Gasteiger partial charge on any atom is 0.255 e. The van der Waals surface area contributed by atoms with Gasteiger partial charge in [-0.2, -0.15) is 0 Å². The molecule has 0 unspecified atom stereocenters. The molecule has 0 atom stereocenters. The van der Waals surface area contributed by atoms with Gasteiger partial charge in [-0.15, -0.1) is 0 Å². The van der Waals surface area contributed by atoms with Crippen LogP contribution >= 0.6 is 15.9 Å². The summed E-state index contributed by atoms with van der Waals surface area (Å²) in [4.78, 5) is 11.7. The number of carbonyl (C=O) groups is 1. The summed E-state index contributed by atoms with van der Waals surface area (Å²) in [5.41, 5.74) is 0.556. The van der Waals surface area contributed by atoms with Crippen LogP contribution in [0.25, 0.3) is 0 Å². The summed E-state index contributed by atoms with van der Waals surface area (Å²) in [5.74, 6) is 0.474. The number of furan rings is 1. The van der Waals surface area contributed by atoms with Gasteiger partial charge in [0.2, 0.25) is 0 Å². The Kier molecular flexibility index (Phi) is 4.88. The van der Waals surface area contributed by atoms with Crippen LogP contribution in [0, 0.1) is 5.92 Å². The van der Waals surface area contributed by atoms with Gasteiger partial charge >= 0.3 is 0 Å². The first-order valence-electron chi connectivity index (χ1n) is 5.20. The highest BCUT2D eigenvalue weighted by molar-refractivity contribution is 9.10. The molecular weight excluding hydrogens is 258 g/mol. The quantitative estimate of drug-likeness (QED) is 0.895. The minimum Gasteiger partial charge on any atom is -0.457 e. The Morgan fingerprint density at radius 1 is 1.53 bits per heavy atom. The number of carbonyl (C=O) groups excluding carboxylic acids is 1. The molecular formula is C11H16BrNO2. The number of hydrogen-bond acceptors (Lipinski definition) is 2. The van der Waals surface area contributed by atoms with Crippen molar-refractivity contribution in [2.75, 3.05) is 6.54 Å². The number of halogens is 1. The highest BCUT2D eigenvalue weighted by atomic mass is 79.9. The fraction of sp³-hybridized carbons (Fsp3) is 0.545. The van der Waals surface area contributed by atoms with Crippen LogP contribution in [0.5, 0.6) is 0 Å². The van der Waals surface area contributed by atoms with Crippen molar-refractivity contribution in [2.24, 2.45) is 5.92 Å². The molecule has 0 saturated heterocycles. The van der Waals surface area contributed by atoms with E-state index in [0.29, 0.717) is 16.2 Å². The largest absolute Gasteiger partial charge is 0.457 e. The van der Waals surface area contributed by atoms with Crippen LogP contribution in [0.15, 0.2) is 21.4 Å². The Morgan fingerprint density at radius 3 is 2.67 bits per heavy atom. The van der Waals surface area contributed by atoms with Crippen molar-refractivity contribution >= 4 is 21.8 Å². The van der Waals surface area contributed by atoms with Gasteiger partial charge in [-0.3, -0.25) is 4.79 Å². The van der Waals surface area contributed by atoms with Crippen LogP contribution in [0.4, 0.5) is 0 Å². The minimum absolute atomic E-state index is 0.0810. The van der Waals surface area contributed by atoms with Crippen molar-refractivity contribution in [1.82, 2.24) is 5.32 Å². The minimum atomic E-state index is -0.0810. The molecule has 0 bridgehead atoms. The number of nitrogens with one attached hydrogen (secondary N) is 1. The predicted molar refractivity (Wildman–Crippen MR) is 62.8 cm³/mol. The highest BCUT2D eigenvalue weighted by Gasteiger charge is 2.13. The zero-order chi connectivity index (χ0) is 11.3. The maximum atomic E-state index is 11.7. The van der Waals surface area contributed by atoms with E-state index in [0.717, 1.165) is 19.4 Å². The van der Waals surface area contributed by atoms with Crippen LogP contribution in [-0.2, 0) is 0 Å². The first-order chi connectivity index (χ1) is 7.19. The molecule has 1 aromatic rings. The van der Waals surface area contributed by atoms with E-state index in [9.17, 15) is 4.79 Å². The van der Waals surface area contributed by atoms with Crippen LogP contribution in [0.1, 0.15) is 37.0 Å². The molecule has 84 valence electrons. The van der Waals surface area contributed by atoms with Crippen LogP contribution in [0.3, 0.4) is 0 Å². The lowest BCUT2D eigenvalue weighted by Gasteiger charge is -2.12. The molecule has 3 nitrogen and oxygen atoms in total. The smallest absolute Gasteiger partial charge is 0.255 e. The molecule has 1 amide bonds. The molecule has 4 heteroatoms. The number of hydrogen-bond donors (Lipinski definition) is 1. The van der Waals surface area contributed by atoms with Crippen LogP contribution < -0.4 is 5.32 Å². The Hall–Kier alpha value is -0.770. The van der Waals surface area contributed by atoms with Gasteiger partial charge in [0.25, 0.3) is 5.91 Å². The van der Waals surface area contributed by atoms with E-state index in [1.165, 1.54) is 6.26 Å². The van der Waals surface area contributed by atoms with Gasteiger partial charge < -0.3 is 9.73 Å². The van der Waals surface area contributed by atoms with Gasteiger partial charge in [0, 0.05) is 6.54 Å². The summed E-state index contributed by atoms with van der Waals surface area (Å²) in [6.07, 6.45) is 3.67. The summed E-state index contributed by atoms with van der Waals surface area (Å²) in [7, 11) is 0. The first-order valence-corrected chi connectivity index (χ1v) is 5.99. The van der Waals surface area contributed by atoms with E-state index < -0.39 is 0 Å². The zero-order valence-electron chi connectivity index (χ0n) is 9.05. The monoisotopic (exact) mass is 273 g/mol. The molecule has 1 rings (SSSR count). The molecule has 0 radical (unpaired) electrons. The van der Waals surface area contributed by atoms with E-state index in [1.807, 2.05) is 0 Å². The summed E-state index contributed by atoms with van der Waals surface area (Å²) in [6, 6.07) is 1.66. The van der Waals surface area contributed by atoms with Gasteiger partial charge in [-0.1, -0.05) is 26.7 Å². The van der Waals surface area contributed by atoms with Gasteiger partial charge in [0.1, 0.15) is 0 Å². The van der Waals surface area contributed by atoms with Crippen molar-refractivity contribution in [3.63, 3.8) is 0 Å². The highest BCUT2D eigenvalue weighted by Crippen LogP contribution is 2.17. The fourth-order valence-corrected chi connectivity index (χ4v) is 1.79. The number of rotatable bonds is 5. The third-order valence-electron chi connectivity index (χ3n) is 2.57.